The van der Waals surface area contributed by atoms with Crippen LogP contribution in [-0.4, -0.2) is 97.7 Å². The molecule has 5 aromatic rings. The van der Waals surface area contributed by atoms with Crippen molar-refractivity contribution in [2.45, 2.75) is 43.3 Å². The van der Waals surface area contributed by atoms with E-state index in [1.54, 1.807) is 43.7 Å². The van der Waals surface area contributed by atoms with Crippen molar-refractivity contribution >= 4 is 39.5 Å². The van der Waals surface area contributed by atoms with Crippen LogP contribution in [0.2, 0.25) is 0 Å². The van der Waals surface area contributed by atoms with Gasteiger partial charge in [-0.05, 0) is 25.1 Å². The van der Waals surface area contributed by atoms with E-state index in [4.69, 9.17) is 18.6 Å². The predicted octanol–water partition coefficient (Wildman–Crippen LogP) is 3.69. The first-order valence-electron chi connectivity index (χ1n) is 15.3. The molecule has 3 atom stereocenters. The van der Waals surface area contributed by atoms with Crippen LogP contribution in [0.4, 0.5) is 24.7 Å². The van der Waals surface area contributed by atoms with Gasteiger partial charge in [0, 0.05) is 37.2 Å². The topological polar surface area (TPSA) is 154 Å². The number of pyridine rings is 1. The van der Waals surface area contributed by atoms with Gasteiger partial charge in [0.15, 0.2) is 11.4 Å². The number of furan rings is 1. The molecule has 1 aromatic carbocycles. The SMILES string of the molecule is C[C@@H]1N(c2cc(-c3cnn(C)n3)cnc2O[C@H]2C[C@@H](C(=O)O)N(c3nc(C(F)(F)F)nc4c3oc3ccccc34)C2)CCOC12COC2. The summed E-state index contributed by atoms with van der Waals surface area (Å²) >= 11 is 0. The summed E-state index contributed by atoms with van der Waals surface area (Å²) in [5.41, 5.74) is 1.61. The molecule has 1 N–H and O–H groups in total. The Hall–Kier alpha value is -5.03. The van der Waals surface area contributed by atoms with Crippen LogP contribution in [0.15, 0.2) is 47.1 Å². The van der Waals surface area contributed by atoms with Gasteiger partial charge >= 0.3 is 12.1 Å². The normalized spacial score (nSPS) is 22.5. The first-order valence-corrected chi connectivity index (χ1v) is 15.3. The van der Waals surface area contributed by atoms with Crippen LogP contribution in [-0.2, 0) is 27.5 Å². The summed E-state index contributed by atoms with van der Waals surface area (Å²) in [6, 6.07) is 7.01. The highest BCUT2D eigenvalue weighted by atomic mass is 19.4. The van der Waals surface area contributed by atoms with Crippen LogP contribution in [0.3, 0.4) is 0 Å². The fourth-order valence-electron chi connectivity index (χ4n) is 6.66. The minimum atomic E-state index is -4.89. The van der Waals surface area contributed by atoms with E-state index in [1.165, 1.54) is 9.70 Å². The Bertz CT molecular complexity index is 2050. The van der Waals surface area contributed by atoms with Gasteiger partial charge in [-0.2, -0.15) is 28.2 Å². The van der Waals surface area contributed by atoms with Crippen LogP contribution in [0.1, 0.15) is 19.2 Å². The minimum absolute atomic E-state index is 0.0432. The first kappa shape index (κ1) is 30.3. The third kappa shape index (κ3) is 4.95. The third-order valence-corrected chi connectivity index (χ3v) is 9.23. The van der Waals surface area contributed by atoms with Gasteiger partial charge in [0.2, 0.25) is 11.7 Å². The largest absolute Gasteiger partial charge is 0.480 e. The number of nitrogens with zero attached hydrogens (tertiary/aromatic N) is 8. The number of alkyl halides is 3. The second-order valence-electron chi connectivity index (χ2n) is 12.2. The summed E-state index contributed by atoms with van der Waals surface area (Å²) in [5.74, 6) is -2.70. The highest BCUT2D eigenvalue weighted by molar-refractivity contribution is 6.06. The molecule has 0 radical (unpaired) electrons. The lowest BCUT2D eigenvalue weighted by molar-refractivity contribution is -0.228. The number of carboxylic acid groups (broad SMARTS) is 1. The van der Waals surface area contributed by atoms with Crippen LogP contribution < -0.4 is 14.5 Å². The van der Waals surface area contributed by atoms with E-state index >= 15 is 0 Å². The zero-order valence-electron chi connectivity index (χ0n) is 25.7. The Kier molecular flexibility index (Phi) is 6.96. The maximum absolute atomic E-state index is 14.0. The first-order chi connectivity index (χ1) is 23.0. The van der Waals surface area contributed by atoms with Crippen molar-refractivity contribution in [3.05, 3.63) is 48.5 Å². The van der Waals surface area contributed by atoms with Gasteiger partial charge in [0.1, 0.15) is 40.2 Å². The number of carbonyl (C=O) groups is 1. The second kappa shape index (κ2) is 11.0. The molecule has 1 spiro atoms. The number of aryl methyl sites for hydroxylation is 1. The van der Waals surface area contributed by atoms with Gasteiger partial charge < -0.3 is 33.5 Å². The Morgan fingerprint density at radius 2 is 1.96 bits per heavy atom. The number of benzene rings is 1. The molecule has 8 rings (SSSR count). The molecular weight excluding hydrogens is 637 g/mol. The average molecular weight is 667 g/mol. The maximum atomic E-state index is 14.0. The van der Waals surface area contributed by atoms with Crippen molar-refractivity contribution in [3.63, 3.8) is 0 Å². The van der Waals surface area contributed by atoms with Crippen molar-refractivity contribution in [2.75, 3.05) is 42.7 Å². The van der Waals surface area contributed by atoms with E-state index in [0.717, 1.165) is 0 Å². The minimum Gasteiger partial charge on any atom is -0.480 e. The number of rotatable bonds is 6. The maximum Gasteiger partial charge on any atom is 0.451 e. The van der Waals surface area contributed by atoms with E-state index in [-0.39, 0.29) is 41.8 Å². The van der Waals surface area contributed by atoms with Crippen LogP contribution in [0.5, 0.6) is 5.88 Å². The molecule has 0 unspecified atom stereocenters. The zero-order chi connectivity index (χ0) is 33.4. The summed E-state index contributed by atoms with van der Waals surface area (Å²) in [5, 5.41) is 19.2. The summed E-state index contributed by atoms with van der Waals surface area (Å²) in [6.07, 6.45) is -2.54. The molecule has 0 bridgehead atoms. The molecule has 3 aliphatic heterocycles. The van der Waals surface area contributed by atoms with Crippen molar-refractivity contribution in [1.82, 2.24) is 29.9 Å². The molecule has 250 valence electrons. The van der Waals surface area contributed by atoms with Gasteiger partial charge in [0.25, 0.3) is 0 Å². The molecule has 3 aliphatic rings. The van der Waals surface area contributed by atoms with E-state index in [1.807, 2.05) is 13.0 Å². The van der Waals surface area contributed by atoms with Gasteiger partial charge in [-0.1, -0.05) is 12.1 Å². The molecule has 14 nitrogen and oxygen atoms in total. The fourth-order valence-corrected chi connectivity index (χ4v) is 6.66. The van der Waals surface area contributed by atoms with Crippen molar-refractivity contribution in [3.8, 4) is 17.1 Å². The number of hydrogen-bond acceptors (Lipinski definition) is 12. The molecule has 0 aliphatic carbocycles. The quantitative estimate of drug-likeness (QED) is 0.281. The number of aromatic nitrogens is 6. The zero-order valence-corrected chi connectivity index (χ0v) is 25.7. The summed E-state index contributed by atoms with van der Waals surface area (Å²) in [7, 11) is 1.71. The molecule has 7 heterocycles. The lowest BCUT2D eigenvalue weighted by Crippen LogP contribution is -2.68. The van der Waals surface area contributed by atoms with Crippen LogP contribution in [0.25, 0.3) is 33.3 Å². The predicted molar refractivity (Wildman–Crippen MR) is 163 cm³/mol. The van der Waals surface area contributed by atoms with Gasteiger partial charge in [-0.25, -0.2) is 19.7 Å². The monoisotopic (exact) mass is 666 g/mol. The van der Waals surface area contributed by atoms with Crippen LogP contribution in [0, 0.1) is 0 Å². The lowest BCUT2D eigenvalue weighted by atomic mass is 9.90. The number of para-hydroxylation sites is 1. The molecule has 3 fully saturated rings. The molecule has 0 amide bonds. The number of morpholine rings is 1. The number of anilines is 2. The molecule has 17 heteroatoms. The molecule has 0 saturated carbocycles. The van der Waals surface area contributed by atoms with E-state index in [9.17, 15) is 23.1 Å². The average Bonchev–Trinajstić information content (AvgIpc) is 3.77. The van der Waals surface area contributed by atoms with Crippen molar-refractivity contribution in [2.24, 2.45) is 7.05 Å². The molecule has 48 heavy (non-hydrogen) atoms. The number of ether oxygens (including phenoxy) is 3. The van der Waals surface area contributed by atoms with E-state index in [2.05, 4.69) is 30.0 Å². The van der Waals surface area contributed by atoms with Crippen LogP contribution >= 0.6 is 0 Å². The Labute approximate surface area is 270 Å². The fraction of sp³-hybridized carbons (Fsp3) is 0.419. The van der Waals surface area contributed by atoms with Gasteiger partial charge in [0.05, 0.1) is 38.6 Å². The second-order valence-corrected chi connectivity index (χ2v) is 12.2. The standard InChI is InChI=1S/C31H29F3N8O6/c1-16-30(14-45-15-30)46-8-7-41(16)21-9-17(20-12-36-40(2)39-20)11-35-27(21)47-18-10-22(28(43)44)42(13-18)26-25-24(37-29(38-26)31(32,33)34)19-5-3-4-6-23(19)48-25/h3-6,9,11-12,16,18,22H,7-8,10,13-15H2,1-2H3,(H,43,44)/t16-,18-,22-/m0/s1. The number of fused-ring (bicyclic) bond motifs is 3. The van der Waals surface area contributed by atoms with Crippen molar-refractivity contribution < 1.29 is 41.7 Å². The highest BCUT2D eigenvalue weighted by Crippen LogP contribution is 2.42. The van der Waals surface area contributed by atoms with E-state index in [0.29, 0.717) is 54.3 Å². The van der Waals surface area contributed by atoms with E-state index < -0.39 is 35.7 Å². The van der Waals surface area contributed by atoms with Crippen molar-refractivity contribution in [1.29, 1.82) is 0 Å². The summed E-state index contributed by atoms with van der Waals surface area (Å²) < 4.78 is 66.2. The van der Waals surface area contributed by atoms with Gasteiger partial charge in [-0.15, -0.1) is 0 Å². The smallest absolute Gasteiger partial charge is 0.451 e. The lowest BCUT2D eigenvalue weighted by Gasteiger charge is -2.53. The number of hydrogen-bond donors (Lipinski definition) is 1. The number of halogens is 3. The highest BCUT2D eigenvalue weighted by Gasteiger charge is 2.50. The summed E-state index contributed by atoms with van der Waals surface area (Å²) in [6.45, 7) is 3.75. The number of carboxylic acids is 1. The molecule has 3 saturated heterocycles. The Morgan fingerprint density at radius 3 is 2.67 bits per heavy atom. The Morgan fingerprint density at radius 1 is 1.15 bits per heavy atom. The number of aliphatic carboxylic acids is 1. The summed E-state index contributed by atoms with van der Waals surface area (Å²) in [4.78, 5) is 29.7. The Balaban J connectivity index is 1.18. The third-order valence-electron chi connectivity index (χ3n) is 9.23. The van der Waals surface area contributed by atoms with Gasteiger partial charge in [-0.3, -0.25) is 0 Å². The molecular formula is C31H29F3N8O6. The molecule has 4 aromatic heterocycles.